The van der Waals surface area contributed by atoms with Gasteiger partial charge in [-0.2, -0.15) is 0 Å². The molecule has 0 saturated carbocycles. The highest BCUT2D eigenvalue weighted by molar-refractivity contribution is 7.11. The van der Waals surface area contributed by atoms with Crippen LogP contribution in [0.5, 0.6) is 0 Å². The maximum Gasteiger partial charge on any atom is 0.316 e. The minimum atomic E-state index is -0.254. The van der Waals surface area contributed by atoms with E-state index in [0.29, 0.717) is 11.9 Å². The second-order valence-corrected chi connectivity index (χ2v) is 5.18. The van der Waals surface area contributed by atoms with E-state index < -0.39 is 0 Å². The molecule has 2 aromatic rings. The third-order valence-electron chi connectivity index (χ3n) is 2.18. The van der Waals surface area contributed by atoms with E-state index in [-0.39, 0.29) is 12.1 Å². The van der Waals surface area contributed by atoms with Crippen LogP contribution in [0.1, 0.15) is 41.7 Å². The number of hydrogen-bond acceptors (Lipinski definition) is 7. The maximum atomic E-state index is 5.64. The van der Waals surface area contributed by atoms with Gasteiger partial charge in [0, 0.05) is 11.1 Å². The summed E-state index contributed by atoms with van der Waals surface area (Å²) in [5.41, 5.74) is 5.64. The van der Waals surface area contributed by atoms with E-state index in [0.717, 1.165) is 5.01 Å². The standard InChI is InChI=1S/C10H15N5OS/c1-5-4-12-9(17-5)7(3)13-10-15-14-8(16-10)6(2)11/h4,6-7H,11H2,1-3H3,(H,13,15). The van der Waals surface area contributed by atoms with Crippen molar-refractivity contribution in [1.29, 1.82) is 0 Å². The predicted molar refractivity (Wildman–Crippen MR) is 65.8 cm³/mol. The first kappa shape index (κ1) is 12.0. The van der Waals surface area contributed by atoms with Gasteiger partial charge in [-0.25, -0.2) is 4.98 Å². The molecule has 0 bridgehead atoms. The molecule has 2 unspecified atom stereocenters. The number of aryl methyl sites for hydroxylation is 1. The zero-order valence-corrected chi connectivity index (χ0v) is 10.8. The molecule has 0 saturated heterocycles. The number of anilines is 1. The van der Waals surface area contributed by atoms with Crippen molar-refractivity contribution in [1.82, 2.24) is 15.2 Å². The van der Waals surface area contributed by atoms with Crippen LogP contribution >= 0.6 is 11.3 Å². The number of aromatic nitrogens is 3. The molecule has 2 rings (SSSR count). The van der Waals surface area contributed by atoms with Gasteiger partial charge in [0.25, 0.3) is 0 Å². The summed E-state index contributed by atoms with van der Waals surface area (Å²) in [5.74, 6) is 0.426. The molecule has 6 nitrogen and oxygen atoms in total. The van der Waals surface area contributed by atoms with E-state index in [2.05, 4.69) is 20.5 Å². The van der Waals surface area contributed by atoms with E-state index in [1.807, 2.05) is 20.0 Å². The lowest BCUT2D eigenvalue weighted by molar-refractivity contribution is 0.470. The normalized spacial score (nSPS) is 14.6. The SMILES string of the molecule is Cc1cnc(C(C)Nc2nnc(C(C)N)o2)s1. The molecule has 0 aromatic carbocycles. The van der Waals surface area contributed by atoms with Gasteiger partial charge in [0.15, 0.2) is 0 Å². The summed E-state index contributed by atoms with van der Waals surface area (Å²) in [4.78, 5) is 5.47. The average Bonchev–Trinajstić information content (AvgIpc) is 2.86. The number of nitrogens with zero attached hydrogens (tertiary/aromatic N) is 3. The first-order chi connectivity index (χ1) is 8.06. The molecule has 0 spiro atoms. The minimum Gasteiger partial charge on any atom is -0.406 e. The molecule has 7 heteroatoms. The first-order valence-electron chi connectivity index (χ1n) is 5.34. The van der Waals surface area contributed by atoms with Gasteiger partial charge in [0.2, 0.25) is 5.89 Å². The molecule has 2 heterocycles. The fraction of sp³-hybridized carbons (Fsp3) is 0.500. The molecule has 0 amide bonds. The van der Waals surface area contributed by atoms with Crippen LogP contribution in [-0.2, 0) is 0 Å². The number of thiazole rings is 1. The number of nitrogens with one attached hydrogen (secondary N) is 1. The number of hydrogen-bond donors (Lipinski definition) is 2. The molecule has 92 valence electrons. The summed E-state index contributed by atoms with van der Waals surface area (Å²) in [7, 11) is 0. The van der Waals surface area contributed by atoms with Crippen LogP contribution in [0.2, 0.25) is 0 Å². The van der Waals surface area contributed by atoms with Crippen LogP contribution in [0, 0.1) is 6.92 Å². The number of nitrogens with two attached hydrogens (primary N) is 1. The van der Waals surface area contributed by atoms with Crippen molar-refractivity contribution in [3.63, 3.8) is 0 Å². The predicted octanol–water partition coefficient (Wildman–Crippen LogP) is 2.03. The Kier molecular flexibility index (Phi) is 3.39. The highest BCUT2D eigenvalue weighted by Gasteiger charge is 2.14. The van der Waals surface area contributed by atoms with Crippen LogP contribution < -0.4 is 11.1 Å². The van der Waals surface area contributed by atoms with Crippen molar-refractivity contribution in [3.8, 4) is 0 Å². The molecular weight excluding hydrogens is 238 g/mol. The van der Waals surface area contributed by atoms with Crippen LogP contribution in [0.3, 0.4) is 0 Å². The first-order valence-corrected chi connectivity index (χ1v) is 6.15. The molecule has 17 heavy (non-hydrogen) atoms. The average molecular weight is 253 g/mol. The van der Waals surface area contributed by atoms with Gasteiger partial charge in [-0.15, -0.1) is 16.4 Å². The molecule has 2 atom stereocenters. The molecule has 0 aliphatic rings. The lowest BCUT2D eigenvalue weighted by Crippen LogP contribution is -2.06. The molecule has 0 fully saturated rings. The molecule has 0 aliphatic carbocycles. The lowest BCUT2D eigenvalue weighted by atomic mass is 10.4. The quantitative estimate of drug-likeness (QED) is 0.866. The molecule has 2 aromatic heterocycles. The fourth-order valence-electron chi connectivity index (χ4n) is 1.30. The molecular formula is C10H15N5OS. The summed E-state index contributed by atoms with van der Waals surface area (Å²) in [5, 5.41) is 11.8. The summed E-state index contributed by atoms with van der Waals surface area (Å²) in [6.07, 6.45) is 1.85. The smallest absolute Gasteiger partial charge is 0.316 e. The fourth-order valence-corrected chi connectivity index (χ4v) is 2.07. The van der Waals surface area contributed by atoms with E-state index in [9.17, 15) is 0 Å². The van der Waals surface area contributed by atoms with Crippen LogP contribution in [0.4, 0.5) is 6.01 Å². The van der Waals surface area contributed by atoms with E-state index >= 15 is 0 Å². The van der Waals surface area contributed by atoms with Gasteiger partial charge in [-0.3, -0.25) is 0 Å². The second kappa shape index (κ2) is 4.80. The Morgan fingerprint density at radius 2 is 2.18 bits per heavy atom. The van der Waals surface area contributed by atoms with Crippen molar-refractivity contribution in [2.45, 2.75) is 32.9 Å². The third-order valence-corrected chi connectivity index (χ3v) is 3.28. The van der Waals surface area contributed by atoms with E-state index in [1.165, 1.54) is 4.88 Å². The Balaban J connectivity index is 2.05. The lowest BCUT2D eigenvalue weighted by Gasteiger charge is -2.07. The van der Waals surface area contributed by atoms with Gasteiger partial charge in [-0.1, -0.05) is 5.10 Å². The Hall–Kier alpha value is -1.47. The Morgan fingerprint density at radius 1 is 1.41 bits per heavy atom. The highest BCUT2D eigenvalue weighted by atomic mass is 32.1. The monoisotopic (exact) mass is 253 g/mol. The van der Waals surface area contributed by atoms with Gasteiger partial charge < -0.3 is 15.5 Å². The topological polar surface area (TPSA) is 89.9 Å². The summed E-state index contributed by atoms with van der Waals surface area (Å²) >= 11 is 1.64. The maximum absolute atomic E-state index is 5.64. The molecule has 3 N–H and O–H groups in total. The second-order valence-electron chi connectivity index (χ2n) is 3.91. The van der Waals surface area contributed by atoms with E-state index in [1.54, 1.807) is 18.3 Å². The Morgan fingerprint density at radius 3 is 2.71 bits per heavy atom. The Bertz CT molecular complexity index is 492. The van der Waals surface area contributed by atoms with Crippen molar-refractivity contribution in [2.24, 2.45) is 5.73 Å². The van der Waals surface area contributed by atoms with Crippen molar-refractivity contribution < 1.29 is 4.42 Å². The largest absolute Gasteiger partial charge is 0.406 e. The summed E-state index contributed by atoms with van der Waals surface area (Å²) in [6.45, 7) is 5.81. The summed E-state index contributed by atoms with van der Waals surface area (Å²) < 4.78 is 5.36. The van der Waals surface area contributed by atoms with Crippen molar-refractivity contribution >= 4 is 17.4 Å². The highest BCUT2D eigenvalue weighted by Crippen LogP contribution is 2.23. The number of rotatable bonds is 4. The van der Waals surface area contributed by atoms with E-state index in [4.69, 9.17) is 10.2 Å². The van der Waals surface area contributed by atoms with Gasteiger partial charge >= 0.3 is 6.01 Å². The van der Waals surface area contributed by atoms with Crippen molar-refractivity contribution in [3.05, 3.63) is 22.0 Å². The molecule has 0 aliphatic heterocycles. The third kappa shape index (κ3) is 2.80. The molecule has 0 radical (unpaired) electrons. The van der Waals surface area contributed by atoms with Crippen LogP contribution in [0.15, 0.2) is 10.6 Å². The minimum absolute atomic E-state index is 0.0371. The van der Waals surface area contributed by atoms with Gasteiger partial charge in [-0.05, 0) is 20.8 Å². The van der Waals surface area contributed by atoms with Gasteiger partial charge in [0.1, 0.15) is 5.01 Å². The zero-order valence-electron chi connectivity index (χ0n) is 9.97. The Labute approximate surface area is 103 Å². The van der Waals surface area contributed by atoms with Crippen LogP contribution in [-0.4, -0.2) is 15.2 Å². The zero-order chi connectivity index (χ0) is 12.4. The van der Waals surface area contributed by atoms with Crippen LogP contribution in [0.25, 0.3) is 0 Å². The van der Waals surface area contributed by atoms with Crippen molar-refractivity contribution in [2.75, 3.05) is 5.32 Å². The summed E-state index contributed by atoms with van der Waals surface area (Å²) in [6, 6.07) is 0.156. The van der Waals surface area contributed by atoms with Gasteiger partial charge in [0.05, 0.1) is 12.1 Å².